The van der Waals surface area contributed by atoms with Gasteiger partial charge in [-0.1, -0.05) is 11.5 Å². The first-order chi connectivity index (χ1) is 27.6. The summed E-state index contributed by atoms with van der Waals surface area (Å²) < 4.78 is 16.4. The Labute approximate surface area is 332 Å². The van der Waals surface area contributed by atoms with Crippen LogP contribution in [0.2, 0.25) is 0 Å². The van der Waals surface area contributed by atoms with Crippen molar-refractivity contribution in [1.29, 1.82) is 0 Å². The van der Waals surface area contributed by atoms with E-state index in [2.05, 4.69) is 20.7 Å². The minimum atomic E-state index is -1.38. The summed E-state index contributed by atoms with van der Waals surface area (Å²) >= 11 is 0. The first-order valence-corrected chi connectivity index (χ1v) is 18.1. The van der Waals surface area contributed by atoms with Gasteiger partial charge in [-0.05, 0) is 43.0 Å². The summed E-state index contributed by atoms with van der Waals surface area (Å²) in [7, 11) is 0. The number of unbranched alkanes of at least 4 members (excludes halogenated alkanes) is 2. The summed E-state index contributed by atoms with van der Waals surface area (Å²) in [5, 5.41) is 44.3. The number of nitrogens with zero attached hydrogens (tertiary/aromatic N) is 5. The minimum Gasteiger partial charge on any atom is -0.494 e. The van der Waals surface area contributed by atoms with E-state index in [1.807, 2.05) is 0 Å². The molecule has 23 heteroatoms. The predicted octanol–water partition coefficient (Wildman–Crippen LogP) is 0.554. The number of aliphatic carboxylic acids is 4. The van der Waals surface area contributed by atoms with Crippen LogP contribution >= 0.6 is 0 Å². The molecule has 0 heterocycles. The molecule has 0 spiro atoms. The van der Waals surface area contributed by atoms with Crippen LogP contribution in [0.1, 0.15) is 72.1 Å². The van der Waals surface area contributed by atoms with Crippen LogP contribution in [0.5, 0.6) is 5.75 Å². The molecule has 6 N–H and O–H groups in total. The number of benzene rings is 1. The second kappa shape index (κ2) is 29.0. The van der Waals surface area contributed by atoms with Crippen LogP contribution < -0.4 is 15.4 Å². The average Bonchev–Trinajstić information content (AvgIpc) is 3.15. The fourth-order valence-electron chi connectivity index (χ4n) is 4.89. The number of azide groups is 1. The van der Waals surface area contributed by atoms with E-state index in [0.717, 1.165) is 6.42 Å². The number of rotatable bonds is 33. The number of Topliss-reactive ketones (excluding diaryl/α,β-unsaturated/α-hetero) is 1. The third kappa shape index (κ3) is 23.6. The Morgan fingerprint density at radius 3 is 1.47 bits per heavy atom. The van der Waals surface area contributed by atoms with Crippen molar-refractivity contribution in [2.75, 3.05) is 78.8 Å². The molecule has 0 fully saturated rings. The topological polar surface area (TPSA) is 342 Å². The Hall–Kier alpha value is -6.32. The molecule has 0 aliphatic rings. The fourth-order valence-corrected chi connectivity index (χ4v) is 4.89. The first kappa shape index (κ1) is 49.7. The number of hydrogen-bond acceptors (Lipinski definition) is 13. The molecular weight excluding hydrogens is 774 g/mol. The molecule has 0 unspecified atom stereocenters. The van der Waals surface area contributed by atoms with Crippen LogP contribution in [0.15, 0.2) is 23.3 Å². The molecule has 0 aliphatic heterocycles. The van der Waals surface area contributed by atoms with Gasteiger partial charge in [0, 0.05) is 48.5 Å². The van der Waals surface area contributed by atoms with Gasteiger partial charge < -0.3 is 55.1 Å². The lowest BCUT2D eigenvalue weighted by Crippen LogP contribution is -2.39. The van der Waals surface area contributed by atoms with Gasteiger partial charge in [-0.25, -0.2) is 0 Å². The van der Waals surface area contributed by atoms with Gasteiger partial charge in [-0.15, -0.1) is 0 Å². The quantitative estimate of drug-likeness (QED) is 0.0244. The highest BCUT2D eigenvalue weighted by Crippen LogP contribution is 2.19. The number of ketones is 1. The molecule has 1 aromatic rings. The van der Waals surface area contributed by atoms with E-state index >= 15 is 0 Å². The molecular formula is C35H49N7O16. The second-order valence-electron chi connectivity index (χ2n) is 12.3. The SMILES string of the molecule is [N-]=[N+]=NCCCCCC(=O)CCCOc1cc(C(=O)NCCOCCC(=O)N(CC(=O)O)CC(=O)O)cc(C(=O)NCCOCCC(=O)N(CC(=O)O)CC(=O)O)c1. The summed E-state index contributed by atoms with van der Waals surface area (Å²) in [4.78, 5) is 111. The standard InChI is InChI=1S/C35H49N7O16/c36-40-39-9-3-1-2-5-26(43)6-4-12-58-27-18-24(34(54)37-10-15-56-13-7-28(44)41(20-30(46)47)21-31(48)49)17-25(19-27)35(55)38-11-16-57-14-8-29(45)42(22-32(50)51)23-33(52)53/h17-19H,1-16,20-23H2,(H,37,54)(H,38,55)(H,46,47)(H,48,49)(H,50,51)(H,52,53). The molecule has 0 aromatic heterocycles. The second-order valence-corrected chi connectivity index (χ2v) is 12.3. The van der Waals surface area contributed by atoms with Crippen LogP contribution in [0.3, 0.4) is 0 Å². The van der Waals surface area contributed by atoms with Crippen molar-refractivity contribution in [1.82, 2.24) is 20.4 Å². The summed E-state index contributed by atoms with van der Waals surface area (Å²) in [6.45, 7) is -3.37. The number of amides is 4. The summed E-state index contributed by atoms with van der Waals surface area (Å²) in [6, 6.07) is 4.06. The van der Waals surface area contributed by atoms with Crippen LogP contribution in [-0.4, -0.2) is 162 Å². The lowest BCUT2D eigenvalue weighted by atomic mass is 10.1. The lowest BCUT2D eigenvalue weighted by Gasteiger charge is -2.18. The zero-order valence-corrected chi connectivity index (χ0v) is 31.8. The molecule has 0 saturated heterocycles. The Morgan fingerprint density at radius 1 is 0.586 bits per heavy atom. The maximum atomic E-state index is 13.1. The van der Waals surface area contributed by atoms with Crippen LogP contribution in [0, 0.1) is 0 Å². The summed E-state index contributed by atoms with van der Waals surface area (Å²) in [5.41, 5.74) is 8.36. The van der Waals surface area contributed by atoms with Crippen molar-refractivity contribution in [3.63, 3.8) is 0 Å². The Morgan fingerprint density at radius 2 is 1.03 bits per heavy atom. The van der Waals surface area contributed by atoms with Gasteiger partial charge in [0.05, 0.1) is 45.9 Å². The maximum absolute atomic E-state index is 13.1. The third-order valence-electron chi connectivity index (χ3n) is 7.57. The predicted molar refractivity (Wildman–Crippen MR) is 198 cm³/mol. The summed E-state index contributed by atoms with van der Waals surface area (Å²) in [6.07, 6.45) is 2.40. The molecule has 23 nitrogen and oxygen atoms in total. The molecule has 0 radical (unpaired) electrons. The number of carboxylic acids is 4. The van der Waals surface area contributed by atoms with Crippen molar-refractivity contribution < 1.29 is 77.8 Å². The largest absolute Gasteiger partial charge is 0.494 e. The van der Waals surface area contributed by atoms with Crippen molar-refractivity contribution >= 4 is 53.3 Å². The zero-order valence-electron chi connectivity index (χ0n) is 31.8. The number of carbonyl (C=O) groups excluding carboxylic acids is 5. The number of ether oxygens (including phenoxy) is 3. The first-order valence-electron chi connectivity index (χ1n) is 18.1. The average molecular weight is 824 g/mol. The van der Waals surface area contributed by atoms with Gasteiger partial charge in [0.25, 0.3) is 11.8 Å². The molecule has 1 aromatic carbocycles. The van der Waals surface area contributed by atoms with Crippen molar-refractivity contribution in [2.45, 2.75) is 51.4 Å². The van der Waals surface area contributed by atoms with E-state index in [9.17, 15) is 43.2 Å². The third-order valence-corrected chi connectivity index (χ3v) is 7.57. The number of nitrogens with one attached hydrogen (secondary N) is 2. The van der Waals surface area contributed by atoms with E-state index in [0.29, 0.717) is 42.0 Å². The maximum Gasteiger partial charge on any atom is 0.323 e. The van der Waals surface area contributed by atoms with Gasteiger partial charge in [0.2, 0.25) is 11.8 Å². The van der Waals surface area contributed by atoms with Crippen LogP contribution in [0.25, 0.3) is 10.4 Å². The molecule has 4 amide bonds. The monoisotopic (exact) mass is 823 g/mol. The zero-order chi connectivity index (χ0) is 43.3. The van der Waals surface area contributed by atoms with E-state index in [1.165, 1.54) is 18.2 Å². The van der Waals surface area contributed by atoms with E-state index < -0.39 is 73.7 Å². The Kier molecular flexibility index (Phi) is 24.8. The molecule has 0 aliphatic carbocycles. The number of carbonyl (C=O) groups is 9. The highest BCUT2D eigenvalue weighted by Gasteiger charge is 2.21. The summed E-state index contributed by atoms with van der Waals surface area (Å²) in [5.74, 6) is -8.12. The van der Waals surface area contributed by atoms with Gasteiger partial charge in [0.15, 0.2) is 0 Å². The molecule has 0 bridgehead atoms. The van der Waals surface area contributed by atoms with Gasteiger partial charge in [0.1, 0.15) is 37.7 Å². The molecule has 0 saturated carbocycles. The van der Waals surface area contributed by atoms with Crippen molar-refractivity contribution in [3.8, 4) is 5.75 Å². The minimum absolute atomic E-state index is 0.0226. The Bertz CT molecular complexity index is 1510. The van der Waals surface area contributed by atoms with Crippen LogP contribution in [-0.2, 0) is 43.0 Å². The number of hydrogen-bond donors (Lipinski definition) is 6. The fraction of sp³-hybridized carbons (Fsp3) is 0.571. The van der Waals surface area contributed by atoms with Crippen molar-refractivity contribution in [3.05, 3.63) is 39.8 Å². The molecule has 320 valence electrons. The van der Waals surface area contributed by atoms with Crippen LogP contribution in [0.4, 0.5) is 0 Å². The molecule has 58 heavy (non-hydrogen) atoms. The molecule has 0 atom stereocenters. The molecule has 1 rings (SSSR count). The Balaban J connectivity index is 2.78. The highest BCUT2D eigenvalue weighted by atomic mass is 16.5. The van der Waals surface area contributed by atoms with E-state index in [4.69, 9.17) is 40.2 Å². The van der Waals surface area contributed by atoms with Gasteiger partial charge in [-0.3, -0.25) is 43.2 Å². The lowest BCUT2D eigenvalue weighted by molar-refractivity contribution is -0.150. The van der Waals surface area contributed by atoms with Gasteiger partial charge >= 0.3 is 23.9 Å². The smallest absolute Gasteiger partial charge is 0.323 e. The van der Waals surface area contributed by atoms with Crippen molar-refractivity contribution in [2.24, 2.45) is 5.11 Å². The number of carboxylic acid groups (broad SMARTS) is 4. The van der Waals surface area contributed by atoms with Gasteiger partial charge in [-0.2, -0.15) is 0 Å². The van der Waals surface area contributed by atoms with E-state index in [1.54, 1.807) is 0 Å². The highest BCUT2D eigenvalue weighted by molar-refractivity contribution is 6.00. The van der Waals surface area contributed by atoms with E-state index in [-0.39, 0.29) is 88.0 Å². The normalized spacial score (nSPS) is 10.4.